The van der Waals surface area contributed by atoms with E-state index < -0.39 is 0 Å². The first-order valence-corrected chi connectivity index (χ1v) is 9.30. The number of likely N-dealkylation sites (tertiary alicyclic amines) is 1. The normalized spacial score (nSPS) is 19.3. The summed E-state index contributed by atoms with van der Waals surface area (Å²) in [4.78, 5) is 38.6. The lowest BCUT2D eigenvalue weighted by Gasteiger charge is -2.29. The third kappa shape index (κ3) is 6.63. The minimum atomic E-state index is -0.327. The number of nitrogens with one attached hydrogen (secondary N) is 2. The molecule has 2 rings (SSSR count). The number of primary amides is 1. The summed E-state index contributed by atoms with van der Waals surface area (Å²) in [6, 6.07) is 5.88. The molecule has 2 atom stereocenters. The van der Waals surface area contributed by atoms with Crippen LogP contribution >= 0.6 is 0 Å². The van der Waals surface area contributed by atoms with Crippen LogP contribution in [0.5, 0.6) is 0 Å². The van der Waals surface area contributed by atoms with Crippen molar-refractivity contribution < 1.29 is 23.7 Å². The summed E-state index contributed by atoms with van der Waals surface area (Å²) in [6.07, 6.45) is 1.64. The zero-order valence-electron chi connectivity index (χ0n) is 15.7. The molecule has 1 aromatic carbocycles. The van der Waals surface area contributed by atoms with Crippen molar-refractivity contribution in [3.8, 4) is 0 Å². The lowest BCUT2D eigenvalue weighted by atomic mass is 9.97. The monoisotopic (exact) mass is 379 g/mol. The molecule has 1 aromatic rings. The number of nitrogens with two attached hydrogens (primary N) is 1. The predicted octanol–water partition coefficient (Wildman–Crippen LogP) is -0.929. The summed E-state index contributed by atoms with van der Waals surface area (Å²) in [5.41, 5.74) is 6.17. The Bertz CT molecular complexity index is 665. The minimum Gasteiger partial charge on any atom is -0.369 e. The van der Waals surface area contributed by atoms with Gasteiger partial charge in [0, 0.05) is 13.1 Å². The van der Waals surface area contributed by atoms with Crippen molar-refractivity contribution in [3.05, 3.63) is 35.6 Å². The number of halogens is 1. The summed E-state index contributed by atoms with van der Waals surface area (Å²) in [6.45, 7) is 4.14. The number of carbonyl (C=O) groups is 3. The van der Waals surface area contributed by atoms with Crippen molar-refractivity contribution in [2.45, 2.75) is 26.3 Å². The molecule has 1 aliphatic heterocycles. The fourth-order valence-corrected chi connectivity index (χ4v) is 3.29. The van der Waals surface area contributed by atoms with Gasteiger partial charge in [0.05, 0.1) is 25.6 Å². The van der Waals surface area contributed by atoms with Gasteiger partial charge in [-0.2, -0.15) is 0 Å². The van der Waals surface area contributed by atoms with Gasteiger partial charge in [-0.15, -0.1) is 0 Å². The van der Waals surface area contributed by atoms with E-state index in [4.69, 9.17) is 5.73 Å². The lowest BCUT2D eigenvalue weighted by molar-refractivity contribution is -0.899. The molecule has 0 saturated carbocycles. The molecule has 148 valence electrons. The van der Waals surface area contributed by atoms with Gasteiger partial charge in [-0.25, -0.2) is 4.39 Å². The van der Waals surface area contributed by atoms with Crippen LogP contribution in [0.25, 0.3) is 0 Å². The Morgan fingerprint density at radius 2 is 2.00 bits per heavy atom. The molecular formula is C19H28FN4O3+. The number of piperidine rings is 1. The Hall–Kier alpha value is -2.48. The van der Waals surface area contributed by atoms with E-state index in [1.54, 1.807) is 12.1 Å². The molecule has 1 aliphatic rings. The highest BCUT2D eigenvalue weighted by Crippen LogP contribution is 2.06. The fourth-order valence-electron chi connectivity index (χ4n) is 3.29. The van der Waals surface area contributed by atoms with Crippen LogP contribution in [0.2, 0.25) is 0 Å². The van der Waals surface area contributed by atoms with Gasteiger partial charge >= 0.3 is 0 Å². The van der Waals surface area contributed by atoms with E-state index in [2.05, 4.69) is 5.32 Å². The smallest absolute Gasteiger partial charge is 0.278 e. The second-order valence-corrected chi connectivity index (χ2v) is 6.93. The van der Waals surface area contributed by atoms with Crippen LogP contribution in [0.3, 0.4) is 0 Å². The highest BCUT2D eigenvalue weighted by Gasteiger charge is 2.29. The molecule has 1 saturated heterocycles. The van der Waals surface area contributed by atoms with E-state index >= 15 is 0 Å². The molecule has 0 bridgehead atoms. The van der Waals surface area contributed by atoms with Crippen molar-refractivity contribution in [3.63, 3.8) is 0 Å². The SMILES string of the molecule is CCN(CC(=O)NCc1ccc(F)cc1)C(=O)C[NH+]1CCC[C@@H](C(N)=O)C1. The Balaban J connectivity index is 1.80. The fraction of sp³-hybridized carbons (Fsp3) is 0.526. The van der Waals surface area contributed by atoms with E-state index in [0.29, 0.717) is 13.1 Å². The number of carbonyl (C=O) groups excluding carboxylic acids is 3. The predicted molar refractivity (Wildman–Crippen MR) is 98.0 cm³/mol. The Kier molecular flexibility index (Phi) is 7.72. The molecule has 27 heavy (non-hydrogen) atoms. The first-order valence-electron chi connectivity index (χ1n) is 9.30. The second-order valence-electron chi connectivity index (χ2n) is 6.93. The summed E-state index contributed by atoms with van der Waals surface area (Å²) < 4.78 is 12.9. The van der Waals surface area contributed by atoms with Crippen LogP contribution in [-0.2, 0) is 20.9 Å². The zero-order chi connectivity index (χ0) is 19.8. The van der Waals surface area contributed by atoms with Crippen LogP contribution in [0.15, 0.2) is 24.3 Å². The van der Waals surface area contributed by atoms with Crippen molar-refractivity contribution in [2.24, 2.45) is 11.7 Å². The number of nitrogens with zero attached hydrogens (tertiary/aromatic N) is 1. The van der Waals surface area contributed by atoms with Gasteiger partial charge in [0.25, 0.3) is 5.91 Å². The molecule has 1 fully saturated rings. The highest BCUT2D eigenvalue weighted by molar-refractivity contribution is 5.85. The van der Waals surface area contributed by atoms with Crippen LogP contribution in [0.4, 0.5) is 4.39 Å². The Morgan fingerprint density at radius 1 is 1.30 bits per heavy atom. The van der Waals surface area contributed by atoms with Crippen molar-refractivity contribution in [1.82, 2.24) is 10.2 Å². The topological polar surface area (TPSA) is 96.9 Å². The van der Waals surface area contributed by atoms with Gasteiger partial charge in [0.2, 0.25) is 11.8 Å². The Morgan fingerprint density at radius 3 is 2.63 bits per heavy atom. The average molecular weight is 379 g/mol. The quantitative estimate of drug-likeness (QED) is 0.544. The molecule has 3 amide bonds. The molecule has 7 nitrogen and oxygen atoms in total. The maximum absolute atomic E-state index is 12.9. The molecule has 8 heteroatoms. The van der Waals surface area contributed by atoms with Gasteiger partial charge in [-0.3, -0.25) is 14.4 Å². The van der Waals surface area contributed by atoms with Gasteiger partial charge in [0.15, 0.2) is 6.54 Å². The number of hydrogen-bond donors (Lipinski definition) is 3. The first-order chi connectivity index (χ1) is 12.9. The second kappa shape index (κ2) is 10.0. The molecule has 4 N–H and O–H groups in total. The third-order valence-corrected chi connectivity index (χ3v) is 4.89. The number of rotatable bonds is 8. The molecule has 0 spiro atoms. The highest BCUT2D eigenvalue weighted by atomic mass is 19.1. The van der Waals surface area contributed by atoms with E-state index in [-0.39, 0.29) is 49.1 Å². The summed E-state index contributed by atoms with van der Waals surface area (Å²) in [7, 11) is 0. The average Bonchev–Trinajstić information content (AvgIpc) is 2.65. The largest absolute Gasteiger partial charge is 0.369 e. The number of benzene rings is 1. The third-order valence-electron chi connectivity index (χ3n) is 4.89. The van der Waals surface area contributed by atoms with Gasteiger partial charge in [-0.1, -0.05) is 12.1 Å². The van der Waals surface area contributed by atoms with Crippen LogP contribution in [-0.4, -0.2) is 55.3 Å². The van der Waals surface area contributed by atoms with Crippen molar-refractivity contribution in [2.75, 3.05) is 32.7 Å². The first kappa shape index (κ1) is 20.8. The van der Waals surface area contributed by atoms with Crippen LogP contribution in [0, 0.1) is 11.7 Å². The summed E-state index contributed by atoms with van der Waals surface area (Å²) in [5.74, 6) is -1.21. The molecule has 1 heterocycles. The number of amides is 3. The summed E-state index contributed by atoms with van der Waals surface area (Å²) in [5, 5.41) is 2.74. The number of hydrogen-bond acceptors (Lipinski definition) is 3. The zero-order valence-corrected chi connectivity index (χ0v) is 15.7. The van der Waals surface area contributed by atoms with Gasteiger partial charge in [-0.05, 0) is 37.5 Å². The van der Waals surface area contributed by atoms with Gasteiger partial charge in [0.1, 0.15) is 5.82 Å². The molecule has 1 unspecified atom stereocenters. The number of quaternary nitrogens is 1. The maximum Gasteiger partial charge on any atom is 0.278 e. The van der Waals surface area contributed by atoms with Crippen molar-refractivity contribution >= 4 is 17.7 Å². The Labute approximate surface area is 158 Å². The number of likely N-dealkylation sites (N-methyl/N-ethyl adjacent to an activating group) is 1. The summed E-state index contributed by atoms with van der Waals surface area (Å²) >= 11 is 0. The van der Waals surface area contributed by atoms with Crippen LogP contribution < -0.4 is 16.0 Å². The van der Waals surface area contributed by atoms with Crippen molar-refractivity contribution in [1.29, 1.82) is 0 Å². The molecular weight excluding hydrogens is 351 g/mol. The standard InChI is InChI=1S/C19H27FN4O3/c1-2-24(12-17(25)22-10-14-5-7-16(20)8-6-14)18(26)13-23-9-3-4-15(11-23)19(21)27/h5-8,15H,2-4,9-13H2,1H3,(H2,21,27)(H,22,25)/p+1/t15-/m1/s1. The van der Waals surface area contributed by atoms with Gasteiger partial charge < -0.3 is 20.9 Å². The molecule has 0 radical (unpaired) electrons. The maximum atomic E-state index is 12.9. The van der Waals surface area contributed by atoms with E-state index in [1.165, 1.54) is 17.0 Å². The lowest BCUT2D eigenvalue weighted by Crippen LogP contribution is -3.15. The minimum absolute atomic E-state index is 0.0247. The molecule has 0 aliphatic carbocycles. The van der Waals surface area contributed by atoms with E-state index in [9.17, 15) is 18.8 Å². The van der Waals surface area contributed by atoms with E-state index in [0.717, 1.165) is 29.8 Å². The van der Waals surface area contributed by atoms with Crippen LogP contribution in [0.1, 0.15) is 25.3 Å². The molecule has 0 aromatic heterocycles. The van der Waals surface area contributed by atoms with E-state index in [1.807, 2.05) is 6.92 Å².